The standard InChI is InChI=1S/C30H35ClN2O3/c1-5-23(4)32-30(35)28(18-24-9-7-6-8-10-24)33(19-25-11-13-26(31)14-12-25)29(34)20-36-27-16-21(2)15-22(3)17-27/h6-17,23,28H,5,18-20H2,1-4H3,(H,32,35)/t23-,28+/m0/s1. The minimum Gasteiger partial charge on any atom is -0.484 e. The van der Waals surface area contributed by atoms with Crippen molar-refractivity contribution in [3.8, 4) is 5.75 Å². The predicted octanol–water partition coefficient (Wildman–Crippen LogP) is 5.89. The molecule has 36 heavy (non-hydrogen) atoms. The molecule has 5 nitrogen and oxygen atoms in total. The van der Waals surface area contributed by atoms with E-state index < -0.39 is 6.04 Å². The molecule has 0 bridgehead atoms. The maximum absolute atomic E-state index is 13.6. The van der Waals surface area contributed by atoms with Crippen LogP contribution in [0.4, 0.5) is 0 Å². The van der Waals surface area contributed by atoms with Crippen LogP contribution in [-0.4, -0.2) is 35.4 Å². The van der Waals surface area contributed by atoms with Crippen LogP contribution in [0.15, 0.2) is 72.8 Å². The van der Waals surface area contributed by atoms with Crippen molar-refractivity contribution in [2.24, 2.45) is 0 Å². The van der Waals surface area contributed by atoms with Crippen LogP contribution in [0, 0.1) is 13.8 Å². The Morgan fingerprint density at radius 2 is 1.58 bits per heavy atom. The van der Waals surface area contributed by atoms with Crippen molar-refractivity contribution in [1.82, 2.24) is 10.2 Å². The van der Waals surface area contributed by atoms with Crippen LogP contribution in [0.2, 0.25) is 5.02 Å². The Balaban J connectivity index is 1.91. The highest BCUT2D eigenvalue weighted by molar-refractivity contribution is 6.30. The highest BCUT2D eigenvalue weighted by Gasteiger charge is 2.31. The quantitative estimate of drug-likeness (QED) is 0.352. The zero-order valence-corrected chi connectivity index (χ0v) is 22.2. The van der Waals surface area contributed by atoms with E-state index in [0.717, 1.165) is 28.7 Å². The number of halogens is 1. The third-order valence-electron chi connectivity index (χ3n) is 6.10. The van der Waals surface area contributed by atoms with E-state index in [9.17, 15) is 9.59 Å². The van der Waals surface area contributed by atoms with Gasteiger partial charge in [0, 0.05) is 24.0 Å². The SMILES string of the molecule is CC[C@H](C)NC(=O)[C@@H](Cc1ccccc1)N(Cc1ccc(Cl)cc1)C(=O)COc1cc(C)cc(C)c1. The molecule has 3 rings (SSSR count). The lowest BCUT2D eigenvalue weighted by Gasteiger charge is -2.32. The highest BCUT2D eigenvalue weighted by atomic mass is 35.5. The molecule has 2 atom stereocenters. The molecule has 3 aromatic carbocycles. The average molecular weight is 507 g/mol. The second-order valence-electron chi connectivity index (χ2n) is 9.28. The number of ether oxygens (including phenoxy) is 1. The summed E-state index contributed by atoms with van der Waals surface area (Å²) in [6.45, 7) is 8.06. The predicted molar refractivity (Wildman–Crippen MR) is 145 cm³/mol. The van der Waals surface area contributed by atoms with Gasteiger partial charge in [-0.1, -0.05) is 67.1 Å². The molecule has 0 heterocycles. The molecule has 0 aliphatic rings. The second-order valence-corrected chi connectivity index (χ2v) is 9.72. The van der Waals surface area contributed by atoms with E-state index in [4.69, 9.17) is 16.3 Å². The molecule has 2 amide bonds. The molecular formula is C30H35ClN2O3. The summed E-state index contributed by atoms with van der Waals surface area (Å²) in [6, 6.07) is 22.2. The molecule has 1 N–H and O–H groups in total. The fourth-order valence-electron chi connectivity index (χ4n) is 4.03. The van der Waals surface area contributed by atoms with Gasteiger partial charge in [0.05, 0.1) is 0 Å². The van der Waals surface area contributed by atoms with E-state index in [1.807, 2.05) is 82.3 Å². The van der Waals surface area contributed by atoms with E-state index in [0.29, 0.717) is 17.2 Å². The smallest absolute Gasteiger partial charge is 0.261 e. The Morgan fingerprint density at radius 1 is 0.944 bits per heavy atom. The summed E-state index contributed by atoms with van der Waals surface area (Å²) in [7, 11) is 0. The number of hydrogen-bond acceptors (Lipinski definition) is 3. The number of carbonyl (C=O) groups excluding carboxylic acids is 2. The first-order valence-electron chi connectivity index (χ1n) is 12.3. The Kier molecular flexibility index (Phi) is 9.95. The van der Waals surface area contributed by atoms with Crippen LogP contribution < -0.4 is 10.1 Å². The van der Waals surface area contributed by atoms with Crippen LogP contribution >= 0.6 is 11.6 Å². The summed E-state index contributed by atoms with van der Waals surface area (Å²) in [5, 5.41) is 3.69. The molecule has 190 valence electrons. The first kappa shape index (κ1) is 27.3. The number of rotatable bonds is 11. The first-order chi connectivity index (χ1) is 17.2. The van der Waals surface area contributed by atoms with Crippen molar-refractivity contribution in [2.75, 3.05) is 6.61 Å². The number of aryl methyl sites for hydroxylation is 2. The van der Waals surface area contributed by atoms with Gasteiger partial charge < -0.3 is 15.0 Å². The number of carbonyl (C=O) groups is 2. The minimum atomic E-state index is -0.701. The molecule has 0 aliphatic heterocycles. The molecular weight excluding hydrogens is 472 g/mol. The lowest BCUT2D eigenvalue weighted by molar-refractivity contribution is -0.143. The van der Waals surface area contributed by atoms with Crippen molar-refractivity contribution in [3.05, 3.63) is 100 Å². The molecule has 0 radical (unpaired) electrons. The zero-order valence-electron chi connectivity index (χ0n) is 21.5. The fourth-order valence-corrected chi connectivity index (χ4v) is 4.15. The Morgan fingerprint density at radius 3 is 2.19 bits per heavy atom. The van der Waals surface area contributed by atoms with Gasteiger partial charge in [0.25, 0.3) is 5.91 Å². The van der Waals surface area contributed by atoms with Crippen molar-refractivity contribution < 1.29 is 14.3 Å². The number of benzene rings is 3. The molecule has 0 unspecified atom stereocenters. The van der Waals surface area contributed by atoms with Gasteiger partial charge in [-0.25, -0.2) is 0 Å². The van der Waals surface area contributed by atoms with E-state index in [1.165, 1.54) is 0 Å². The summed E-state index contributed by atoms with van der Waals surface area (Å²) in [4.78, 5) is 28.8. The number of amides is 2. The van der Waals surface area contributed by atoms with Crippen LogP contribution in [-0.2, 0) is 22.6 Å². The Hall–Kier alpha value is -3.31. The normalized spacial score (nSPS) is 12.5. The van der Waals surface area contributed by atoms with E-state index in [-0.39, 0.29) is 31.0 Å². The third kappa shape index (κ3) is 8.13. The van der Waals surface area contributed by atoms with E-state index in [2.05, 4.69) is 11.4 Å². The van der Waals surface area contributed by atoms with Crippen LogP contribution in [0.1, 0.15) is 42.5 Å². The average Bonchev–Trinajstić information content (AvgIpc) is 2.85. The summed E-state index contributed by atoms with van der Waals surface area (Å²) >= 11 is 6.08. The topological polar surface area (TPSA) is 58.6 Å². The molecule has 0 aliphatic carbocycles. The first-order valence-corrected chi connectivity index (χ1v) is 12.7. The molecule has 0 aromatic heterocycles. The monoisotopic (exact) mass is 506 g/mol. The summed E-state index contributed by atoms with van der Waals surface area (Å²) < 4.78 is 5.91. The molecule has 0 saturated carbocycles. The van der Waals surface area contributed by atoms with Crippen LogP contribution in [0.5, 0.6) is 5.75 Å². The molecule has 6 heteroatoms. The van der Waals surface area contributed by atoms with Gasteiger partial charge in [-0.2, -0.15) is 0 Å². The van der Waals surface area contributed by atoms with Gasteiger partial charge >= 0.3 is 0 Å². The summed E-state index contributed by atoms with van der Waals surface area (Å²) in [5.41, 5.74) is 3.98. The van der Waals surface area contributed by atoms with Gasteiger partial charge in [-0.05, 0) is 73.7 Å². The lowest BCUT2D eigenvalue weighted by Crippen LogP contribution is -2.53. The molecule has 0 saturated heterocycles. The molecule has 0 spiro atoms. The zero-order chi connectivity index (χ0) is 26.1. The number of nitrogens with one attached hydrogen (secondary N) is 1. The van der Waals surface area contributed by atoms with Gasteiger partial charge in [-0.3, -0.25) is 9.59 Å². The molecule has 0 fully saturated rings. The van der Waals surface area contributed by atoms with Crippen LogP contribution in [0.3, 0.4) is 0 Å². The number of nitrogens with zero attached hydrogens (tertiary/aromatic N) is 1. The third-order valence-corrected chi connectivity index (χ3v) is 6.35. The van der Waals surface area contributed by atoms with Gasteiger partial charge in [0.2, 0.25) is 5.91 Å². The number of hydrogen-bond donors (Lipinski definition) is 1. The Labute approximate surface area is 219 Å². The Bertz CT molecular complexity index is 1130. The summed E-state index contributed by atoms with van der Waals surface area (Å²) in [5.74, 6) is 0.196. The van der Waals surface area contributed by atoms with Crippen molar-refractivity contribution >= 4 is 23.4 Å². The highest BCUT2D eigenvalue weighted by Crippen LogP contribution is 2.19. The largest absolute Gasteiger partial charge is 0.484 e. The van der Waals surface area contributed by atoms with Gasteiger partial charge in [0.15, 0.2) is 6.61 Å². The van der Waals surface area contributed by atoms with Crippen LogP contribution in [0.25, 0.3) is 0 Å². The minimum absolute atomic E-state index is 0.00484. The lowest BCUT2D eigenvalue weighted by atomic mass is 10.0. The molecule has 3 aromatic rings. The van der Waals surface area contributed by atoms with E-state index in [1.54, 1.807) is 17.0 Å². The maximum Gasteiger partial charge on any atom is 0.261 e. The second kappa shape index (κ2) is 13.1. The van der Waals surface area contributed by atoms with Gasteiger partial charge in [-0.15, -0.1) is 0 Å². The fraction of sp³-hybridized carbons (Fsp3) is 0.333. The summed E-state index contributed by atoms with van der Waals surface area (Å²) in [6.07, 6.45) is 1.19. The van der Waals surface area contributed by atoms with E-state index >= 15 is 0 Å². The van der Waals surface area contributed by atoms with Crippen molar-refractivity contribution in [3.63, 3.8) is 0 Å². The maximum atomic E-state index is 13.6. The van der Waals surface area contributed by atoms with Gasteiger partial charge in [0.1, 0.15) is 11.8 Å². The van der Waals surface area contributed by atoms with Crippen molar-refractivity contribution in [2.45, 2.75) is 59.2 Å². The van der Waals surface area contributed by atoms with Crippen molar-refractivity contribution in [1.29, 1.82) is 0 Å².